The van der Waals surface area contributed by atoms with Crippen LogP contribution in [0, 0.1) is 0 Å². The van der Waals surface area contributed by atoms with Gasteiger partial charge in [-0.1, -0.05) is 0 Å². The highest BCUT2D eigenvalue weighted by Gasteiger charge is 2.34. The Kier molecular flexibility index (Phi) is 4.90. The van der Waals surface area contributed by atoms with E-state index in [4.69, 9.17) is 5.73 Å². The Balaban J connectivity index is 1.76. The van der Waals surface area contributed by atoms with Crippen LogP contribution in [0.25, 0.3) is 0 Å². The van der Waals surface area contributed by atoms with Crippen molar-refractivity contribution in [2.24, 2.45) is 5.73 Å². The number of rotatable bonds is 3. The van der Waals surface area contributed by atoms with Crippen LogP contribution in [-0.2, 0) is 4.79 Å². The van der Waals surface area contributed by atoms with Gasteiger partial charge in [-0.3, -0.25) is 9.69 Å². The Morgan fingerprint density at radius 1 is 1.15 bits per heavy atom. The van der Waals surface area contributed by atoms with Crippen LogP contribution in [0.1, 0.15) is 32.1 Å². The van der Waals surface area contributed by atoms with Gasteiger partial charge in [0.15, 0.2) is 0 Å². The van der Waals surface area contributed by atoms with E-state index in [9.17, 15) is 18.0 Å². The number of hydrogen-bond acceptors (Lipinski definition) is 3. The fraction of sp³-hybridized carbons (Fsp3) is 0.923. The molecule has 0 saturated carbocycles. The van der Waals surface area contributed by atoms with Crippen LogP contribution >= 0.6 is 0 Å². The maximum Gasteiger partial charge on any atom is 0.389 e. The summed E-state index contributed by atoms with van der Waals surface area (Å²) < 4.78 is 36.3. The second-order valence-electron chi connectivity index (χ2n) is 5.77. The van der Waals surface area contributed by atoms with Crippen molar-refractivity contribution in [3.8, 4) is 0 Å². The molecule has 2 saturated heterocycles. The normalized spacial score (nSPS) is 26.2. The van der Waals surface area contributed by atoms with E-state index in [1.165, 1.54) is 0 Å². The van der Waals surface area contributed by atoms with Gasteiger partial charge in [0, 0.05) is 31.6 Å². The molecule has 2 fully saturated rings. The highest BCUT2D eigenvalue weighted by Crippen LogP contribution is 2.24. The predicted octanol–water partition coefficient (Wildman–Crippen LogP) is 1.35. The quantitative estimate of drug-likeness (QED) is 0.854. The molecule has 4 nitrogen and oxygen atoms in total. The number of nitrogens with two attached hydrogens (primary N) is 1. The molecule has 0 aromatic heterocycles. The zero-order valence-corrected chi connectivity index (χ0v) is 11.5. The number of alkyl halides is 3. The van der Waals surface area contributed by atoms with Gasteiger partial charge in [-0.05, 0) is 32.4 Å². The number of carbonyl (C=O) groups is 1. The zero-order valence-electron chi connectivity index (χ0n) is 11.5. The van der Waals surface area contributed by atoms with Crippen molar-refractivity contribution in [1.29, 1.82) is 0 Å². The third-order valence-corrected chi connectivity index (χ3v) is 4.23. The number of nitrogens with zero attached hydrogens (tertiary/aromatic N) is 2. The van der Waals surface area contributed by atoms with E-state index >= 15 is 0 Å². The third kappa shape index (κ3) is 4.34. The number of halogens is 3. The first-order valence-corrected chi connectivity index (χ1v) is 7.19. The minimum atomic E-state index is -4.25. The summed E-state index contributed by atoms with van der Waals surface area (Å²) in [6.07, 6.45) is -2.94. The first kappa shape index (κ1) is 15.6. The molecular weight excluding hydrogens is 271 g/mol. The van der Waals surface area contributed by atoms with Gasteiger partial charge in [0.05, 0.1) is 6.42 Å². The van der Waals surface area contributed by atoms with Crippen molar-refractivity contribution in [3.63, 3.8) is 0 Å². The van der Waals surface area contributed by atoms with Crippen LogP contribution in [0.4, 0.5) is 13.2 Å². The van der Waals surface area contributed by atoms with E-state index in [1.54, 1.807) is 4.90 Å². The maximum atomic E-state index is 12.1. The molecule has 1 amide bonds. The minimum absolute atomic E-state index is 0.261. The van der Waals surface area contributed by atoms with Gasteiger partial charge >= 0.3 is 6.18 Å². The molecule has 0 aliphatic carbocycles. The standard InChI is InChI=1S/C13H22F3N3O/c14-13(15,16)5-1-12(20)19-8-4-11(9-19)18-6-2-10(17)3-7-18/h10-11H,1-9,17H2. The average molecular weight is 293 g/mol. The molecule has 1 unspecified atom stereocenters. The molecule has 2 N–H and O–H groups in total. The summed E-state index contributed by atoms with van der Waals surface area (Å²) in [6.45, 7) is 2.99. The molecule has 2 aliphatic heterocycles. The molecule has 7 heteroatoms. The molecule has 0 radical (unpaired) electrons. The lowest BCUT2D eigenvalue weighted by Gasteiger charge is -2.34. The molecule has 116 valence electrons. The summed E-state index contributed by atoms with van der Waals surface area (Å²) in [5, 5.41) is 0. The molecular formula is C13H22F3N3O. The predicted molar refractivity (Wildman–Crippen MR) is 69.1 cm³/mol. The Morgan fingerprint density at radius 2 is 1.80 bits per heavy atom. The van der Waals surface area contributed by atoms with Crippen molar-refractivity contribution in [1.82, 2.24) is 9.80 Å². The van der Waals surface area contributed by atoms with Gasteiger partial charge in [-0.15, -0.1) is 0 Å². The van der Waals surface area contributed by atoms with Crippen LogP contribution in [0.2, 0.25) is 0 Å². The second-order valence-corrected chi connectivity index (χ2v) is 5.77. The van der Waals surface area contributed by atoms with Crippen LogP contribution < -0.4 is 5.73 Å². The monoisotopic (exact) mass is 293 g/mol. The summed E-state index contributed by atoms with van der Waals surface area (Å²) in [7, 11) is 0. The summed E-state index contributed by atoms with van der Waals surface area (Å²) in [5.41, 5.74) is 5.85. The number of piperidine rings is 1. The van der Waals surface area contributed by atoms with Gasteiger partial charge < -0.3 is 10.6 Å². The van der Waals surface area contributed by atoms with E-state index in [1.807, 2.05) is 0 Å². The second kappa shape index (κ2) is 6.30. The van der Waals surface area contributed by atoms with Crippen molar-refractivity contribution in [3.05, 3.63) is 0 Å². The average Bonchev–Trinajstić information content (AvgIpc) is 2.85. The van der Waals surface area contributed by atoms with Gasteiger partial charge in [0.1, 0.15) is 0 Å². The van der Waals surface area contributed by atoms with Crippen molar-refractivity contribution < 1.29 is 18.0 Å². The van der Waals surface area contributed by atoms with Crippen LogP contribution in [0.15, 0.2) is 0 Å². The van der Waals surface area contributed by atoms with Crippen LogP contribution in [0.3, 0.4) is 0 Å². The Labute approximate surface area is 117 Å². The number of likely N-dealkylation sites (tertiary alicyclic amines) is 2. The van der Waals surface area contributed by atoms with E-state index in [2.05, 4.69) is 4.90 Å². The summed E-state index contributed by atoms with van der Waals surface area (Å²) >= 11 is 0. The molecule has 2 heterocycles. The van der Waals surface area contributed by atoms with Crippen molar-refractivity contribution >= 4 is 5.91 Å². The topological polar surface area (TPSA) is 49.6 Å². The maximum absolute atomic E-state index is 12.1. The first-order chi connectivity index (χ1) is 9.35. The summed E-state index contributed by atoms with van der Waals surface area (Å²) in [6, 6.07) is 0.550. The van der Waals surface area contributed by atoms with Gasteiger partial charge in [-0.2, -0.15) is 13.2 Å². The number of hydrogen-bond donors (Lipinski definition) is 1. The van der Waals surface area contributed by atoms with E-state index in [-0.39, 0.29) is 18.0 Å². The molecule has 2 rings (SSSR count). The fourth-order valence-corrected chi connectivity index (χ4v) is 2.96. The minimum Gasteiger partial charge on any atom is -0.341 e. The lowest BCUT2D eigenvalue weighted by Crippen LogP contribution is -2.46. The van der Waals surface area contributed by atoms with E-state index in [0.29, 0.717) is 13.1 Å². The largest absolute Gasteiger partial charge is 0.389 e. The Bertz CT molecular complexity index is 340. The van der Waals surface area contributed by atoms with Crippen molar-refractivity contribution in [2.45, 2.75) is 50.4 Å². The molecule has 0 aromatic carbocycles. The Hall–Kier alpha value is -0.820. The SMILES string of the molecule is NC1CCN(C2CCN(C(=O)CCC(F)(F)F)C2)CC1. The molecule has 0 bridgehead atoms. The summed E-state index contributed by atoms with van der Waals surface area (Å²) in [5.74, 6) is -0.376. The third-order valence-electron chi connectivity index (χ3n) is 4.23. The van der Waals surface area contributed by atoms with Gasteiger partial charge in [0.25, 0.3) is 0 Å². The van der Waals surface area contributed by atoms with Crippen molar-refractivity contribution in [2.75, 3.05) is 26.2 Å². The Morgan fingerprint density at radius 3 is 2.40 bits per heavy atom. The van der Waals surface area contributed by atoms with Crippen LogP contribution in [0.5, 0.6) is 0 Å². The molecule has 1 atom stereocenters. The zero-order chi connectivity index (χ0) is 14.8. The number of carbonyl (C=O) groups excluding carboxylic acids is 1. The smallest absolute Gasteiger partial charge is 0.341 e. The summed E-state index contributed by atoms with van der Waals surface area (Å²) in [4.78, 5) is 15.7. The van der Waals surface area contributed by atoms with Gasteiger partial charge in [-0.25, -0.2) is 0 Å². The highest BCUT2D eigenvalue weighted by atomic mass is 19.4. The molecule has 20 heavy (non-hydrogen) atoms. The van der Waals surface area contributed by atoms with Crippen LogP contribution in [-0.4, -0.2) is 60.1 Å². The fourth-order valence-electron chi connectivity index (χ4n) is 2.96. The molecule has 0 aromatic rings. The number of amides is 1. The van der Waals surface area contributed by atoms with E-state index < -0.39 is 19.0 Å². The lowest BCUT2D eigenvalue weighted by atomic mass is 10.0. The molecule has 0 spiro atoms. The highest BCUT2D eigenvalue weighted by molar-refractivity contribution is 5.76. The molecule has 2 aliphatic rings. The van der Waals surface area contributed by atoms with Gasteiger partial charge in [0.2, 0.25) is 5.91 Å². The lowest BCUT2D eigenvalue weighted by molar-refractivity contribution is -0.148. The van der Waals surface area contributed by atoms with E-state index in [0.717, 1.165) is 32.4 Å². The first-order valence-electron chi connectivity index (χ1n) is 7.19.